The maximum atomic E-state index is 12.4. The van der Waals surface area contributed by atoms with Gasteiger partial charge in [0.15, 0.2) is 5.69 Å². The van der Waals surface area contributed by atoms with Crippen molar-refractivity contribution in [2.75, 3.05) is 6.54 Å². The molecule has 120 valence electrons. The Morgan fingerprint density at radius 3 is 2.76 bits per heavy atom. The molecule has 1 aromatic heterocycles. The van der Waals surface area contributed by atoms with Crippen LogP contribution in [-0.4, -0.2) is 29.6 Å². The van der Waals surface area contributed by atoms with Gasteiger partial charge in [0.2, 0.25) is 5.91 Å². The minimum absolute atomic E-state index is 0. The molecule has 1 saturated heterocycles. The summed E-state index contributed by atoms with van der Waals surface area (Å²) in [6.07, 6.45) is -3.88. The quantitative estimate of drug-likeness (QED) is 0.871. The molecule has 21 heavy (non-hydrogen) atoms. The Kier molecular flexibility index (Phi) is 6.39. The number of nitrogens with two attached hydrogens (primary N) is 1. The van der Waals surface area contributed by atoms with Gasteiger partial charge in [-0.15, -0.1) is 23.7 Å². The van der Waals surface area contributed by atoms with E-state index in [0.29, 0.717) is 19.4 Å². The summed E-state index contributed by atoms with van der Waals surface area (Å²) in [6, 6.07) is 0. The molecule has 1 fully saturated rings. The van der Waals surface area contributed by atoms with Crippen molar-refractivity contribution in [3.63, 3.8) is 0 Å². The summed E-state index contributed by atoms with van der Waals surface area (Å²) in [4.78, 5) is 15.2. The molecule has 0 bridgehead atoms. The van der Waals surface area contributed by atoms with E-state index in [1.165, 1.54) is 0 Å². The summed E-state index contributed by atoms with van der Waals surface area (Å²) in [5.74, 6) is -0.343. The number of alkyl halides is 3. The van der Waals surface area contributed by atoms with Crippen LogP contribution in [0.3, 0.4) is 0 Å². The van der Waals surface area contributed by atoms with Gasteiger partial charge in [0, 0.05) is 11.9 Å². The van der Waals surface area contributed by atoms with Crippen molar-refractivity contribution in [3.05, 3.63) is 16.1 Å². The van der Waals surface area contributed by atoms with Crippen molar-refractivity contribution in [1.29, 1.82) is 0 Å². The van der Waals surface area contributed by atoms with E-state index in [0.717, 1.165) is 16.7 Å². The maximum absolute atomic E-state index is 12.4. The number of ether oxygens (including phenoxy) is 1. The lowest BCUT2D eigenvalue weighted by atomic mass is 10.2. The predicted molar refractivity (Wildman–Crippen MR) is 73.2 cm³/mol. The van der Waals surface area contributed by atoms with Crippen LogP contribution in [0.15, 0.2) is 5.38 Å². The highest BCUT2D eigenvalue weighted by atomic mass is 35.5. The van der Waals surface area contributed by atoms with Gasteiger partial charge in [-0.2, -0.15) is 13.2 Å². The molecular weight excluding hydrogens is 331 g/mol. The fourth-order valence-electron chi connectivity index (χ4n) is 1.87. The van der Waals surface area contributed by atoms with Crippen molar-refractivity contribution < 1.29 is 22.7 Å². The molecule has 0 aromatic carbocycles. The molecule has 5 nitrogen and oxygen atoms in total. The summed E-state index contributed by atoms with van der Waals surface area (Å²) in [6.45, 7) is 0.317. The average molecular weight is 346 g/mol. The lowest BCUT2D eigenvalue weighted by Gasteiger charge is -2.11. The Bertz CT molecular complexity index is 484. The van der Waals surface area contributed by atoms with Crippen molar-refractivity contribution in [1.82, 2.24) is 10.3 Å². The number of rotatable bonds is 4. The normalized spacial score (nSPS) is 21.9. The second-order valence-electron chi connectivity index (χ2n) is 4.40. The van der Waals surface area contributed by atoms with E-state index in [4.69, 9.17) is 10.5 Å². The second kappa shape index (κ2) is 7.39. The third-order valence-corrected chi connectivity index (χ3v) is 3.77. The molecule has 1 aromatic rings. The summed E-state index contributed by atoms with van der Waals surface area (Å²) < 4.78 is 42.4. The van der Waals surface area contributed by atoms with Crippen LogP contribution in [0.5, 0.6) is 0 Å². The van der Waals surface area contributed by atoms with Crippen LogP contribution in [0, 0.1) is 0 Å². The molecular formula is C11H15ClF3N3O2S. The Hall–Kier alpha value is -0.900. The van der Waals surface area contributed by atoms with E-state index < -0.39 is 18.0 Å². The third kappa shape index (κ3) is 4.80. The summed E-state index contributed by atoms with van der Waals surface area (Å²) in [5.41, 5.74) is 4.50. The van der Waals surface area contributed by atoms with E-state index in [9.17, 15) is 18.0 Å². The number of nitrogens with zero attached hydrogens (tertiary/aromatic N) is 1. The van der Waals surface area contributed by atoms with Crippen LogP contribution in [0.1, 0.15) is 23.5 Å². The zero-order chi connectivity index (χ0) is 14.8. The number of amides is 1. The minimum atomic E-state index is -4.46. The molecule has 2 heterocycles. The Balaban J connectivity index is 0.00000220. The van der Waals surface area contributed by atoms with Crippen LogP contribution in [0.25, 0.3) is 0 Å². The molecule has 0 aliphatic carbocycles. The van der Waals surface area contributed by atoms with Gasteiger partial charge in [-0.1, -0.05) is 0 Å². The number of nitrogens with one attached hydrogen (secondary N) is 1. The van der Waals surface area contributed by atoms with Gasteiger partial charge >= 0.3 is 6.18 Å². The summed E-state index contributed by atoms with van der Waals surface area (Å²) in [7, 11) is 0. The molecule has 0 unspecified atom stereocenters. The largest absolute Gasteiger partial charge is 0.434 e. The summed E-state index contributed by atoms with van der Waals surface area (Å²) in [5, 5.41) is 3.66. The molecule has 3 N–H and O–H groups in total. The van der Waals surface area contributed by atoms with Crippen LogP contribution in [-0.2, 0) is 22.3 Å². The number of hydrogen-bond acceptors (Lipinski definition) is 5. The number of aromatic nitrogens is 1. The van der Waals surface area contributed by atoms with Crippen molar-refractivity contribution in [2.45, 2.75) is 37.8 Å². The molecule has 0 spiro atoms. The first-order valence-corrected chi connectivity index (χ1v) is 6.93. The molecule has 0 radical (unpaired) electrons. The highest BCUT2D eigenvalue weighted by Crippen LogP contribution is 2.30. The molecule has 2 atom stereocenters. The molecule has 0 saturated carbocycles. The van der Waals surface area contributed by atoms with Gasteiger partial charge in [-0.3, -0.25) is 4.79 Å². The fourth-order valence-corrected chi connectivity index (χ4v) is 2.61. The van der Waals surface area contributed by atoms with Gasteiger partial charge in [0.05, 0.1) is 12.6 Å². The first kappa shape index (κ1) is 18.1. The Morgan fingerprint density at radius 1 is 1.52 bits per heavy atom. The van der Waals surface area contributed by atoms with E-state index in [-0.39, 0.29) is 36.0 Å². The first-order chi connectivity index (χ1) is 9.40. The van der Waals surface area contributed by atoms with Crippen LogP contribution in [0.2, 0.25) is 0 Å². The first-order valence-electron chi connectivity index (χ1n) is 6.05. The monoisotopic (exact) mass is 345 g/mol. The van der Waals surface area contributed by atoms with Crippen LogP contribution < -0.4 is 11.1 Å². The Labute approximate surface area is 129 Å². The van der Waals surface area contributed by atoms with Gasteiger partial charge in [0.25, 0.3) is 0 Å². The van der Waals surface area contributed by atoms with E-state index in [1.807, 2.05) is 0 Å². The zero-order valence-electron chi connectivity index (χ0n) is 10.9. The average Bonchev–Trinajstić information content (AvgIpc) is 3.04. The van der Waals surface area contributed by atoms with Crippen LogP contribution >= 0.6 is 23.7 Å². The minimum Gasteiger partial charge on any atom is -0.364 e. The topological polar surface area (TPSA) is 77.2 Å². The van der Waals surface area contributed by atoms with Crippen molar-refractivity contribution in [2.24, 2.45) is 5.73 Å². The fraction of sp³-hybridized carbons (Fsp3) is 0.636. The lowest BCUT2D eigenvalue weighted by molar-refractivity contribution is -0.140. The smallest absolute Gasteiger partial charge is 0.364 e. The number of carbonyl (C=O) groups excluding carboxylic acids is 1. The third-order valence-electron chi connectivity index (χ3n) is 2.92. The lowest BCUT2D eigenvalue weighted by Crippen LogP contribution is -2.35. The second-order valence-corrected chi connectivity index (χ2v) is 5.34. The number of halogens is 4. The van der Waals surface area contributed by atoms with Crippen LogP contribution in [0.4, 0.5) is 13.2 Å². The van der Waals surface area contributed by atoms with Crippen molar-refractivity contribution >= 4 is 29.7 Å². The predicted octanol–water partition coefficient (Wildman–Crippen LogP) is 1.71. The Morgan fingerprint density at radius 2 is 2.24 bits per heavy atom. The van der Waals surface area contributed by atoms with Gasteiger partial charge in [-0.05, 0) is 12.8 Å². The number of carbonyl (C=O) groups is 1. The van der Waals surface area contributed by atoms with Gasteiger partial charge in [0.1, 0.15) is 11.1 Å². The molecule has 1 amide bonds. The summed E-state index contributed by atoms with van der Waals surface area (Å²) >= 11 is 0.859. The maximum Gasteiger partial charge on any atom is 0.434 e. The van der Waals surface area contributed by atoms with Gasteiger partial charge < -0.3 is 15.8 Å². The van der Waals surface area contributed by atoms with E-state index >= 15 is 0 Å². The molecule has 2 rings (SSSR count). The van der Waals surface area contributed by atoms with E-state index in [1.54, 1.807) is 0 Å². The molecule has 1 aliphatic heterocycles. The molecule has 1 aliphatic rings. The van der Waals surface area contributed by atoms with Gasteiger partial charge in [-0.25, -0.2) is 4.98 Å². The van der Waals surface area contributed by atoms with Crippen molar-refractivity contribution in [3.8, 4) is 0 Å². The molecule has 10 heteroatoms. The number of thiazole rings is 1. The zero-order valence-corrected chi connectivity index (χ0v) is 12.5. The standard InChI is InChI=1S/C11H14F3N3O2S.ClH/c12-11(13,14)8-5-20-9(17-8)4-16-10(18)7-2-1-6(3-15)19-7;/h5-7H,1-4,15H2,(H,16,18);1H/t6-,7+;/m1./s1. The highest BCUT2D eigenvalue weighted by molar-refractivity contribution is 7.09. The van der Waals surface area contributed by atoms with E-state index in [2.05, 4.69) is 10.3 Å². The SMILES string of the molecule is Cl.NC[C@H]1CC[C@@H](C(=O)NCc2nc(C(F)(F)F)cs2)O1. The number of hydrogen-bond donors (Lipinski definition) is 2. The highest BCUT2D eigenvalue weighted by Gasteiger charge is 2.34.